The SMILES string of the molecule is CCOC(=O)c1[nH]c(C)c(C(=O)OC(C)C(=O)Nc2ccc3c(c2)OCCO3)c1C. The molecular weight excluding hydrogens is 392 g/mol. The lowest BCUT2D eigenvalue weighted by atomic mass is 10.1. The van der Waals surface area contributed by atoms with Gasteiger partial charge in [-0.15, -0.1) is 0 Å². The van der Waals surface area contributed by atoms with Crippen LogP contribution in [-0.4, -0.2) is 48.8 Å². The van der Waals surface area contributed by atoms with Gasteiger partial charge < -0.3 is 29.2 Å². The van der Waals surface area contributed by atoms with E-state index in [0.29, 0.717) is 41.7 Å². The molecule has 9 nitrogen and oxygen atoms in total. The van der Waals surface area contributed by atoms with Gasteiger partial charge in [-0.2, -0.15) is 0 Å². The van der Waals surface area contributed by atoms with Gasteiger partial charge in [0.05, 0.1) is 12.2 Å². The van der Waals surface area contributed by atoms with Crippen LogP contribution in [0.3, 0.4) is 0 Å². The van der Waals surface area contributed by atoms with E-state index in [2.05, 4.69) is 10.3 Å². The monoisotopic (exact) mass is 416 g/mol. The summed E-state index contributed by atoms with van der Waals surface area (Å²) in [5, 5.41) is 2.68. The van der Waals surface area contributed by atoms with Crippen LogP contribution in [0, 0.1) is 13.8 Å². The third-order valence-electron chi connectivity index (χ3n) is 4.58. The molecule has 3 rings (SSSR count). The number of ether oxygens (including phenoxy) is 4. The molecule has 0 radical (unpaired) electrons. The first-order valence-electron chi connectivity index (χ1n) is 9.59. The molecule has 1 atom stereocenters. The number of hydrogen-bond acceptors (Lipinski definition) is 7. The Morgan fingerprint density at radius 2 is 1.83 bits per heavy atom. The van der Waals surface area contributed by atoms with E-state index >= 15 is 0 Å². The third-order valence-corrected chi connectivity index (χ3v) is 4.58. The Morgan fingerprint density at radius 1 is 1.13 bits per heavy atom. The Kier molecular flexibility index (Phi) is 6.29. The summed E-state index contributed by atoms with van der Waals surface area (Å²) < 4.78 is 21.2. The number of aryl methyl sites for hydroxylation is 1. The van der Waals surface area contributed by atoms with Gasteiger partial charge in [0, 0.05) is 17.4 Å². The van der Waals surface area contributed by atoms with Crippen molar-refractivity contribution in [2.45, 2.75) is 33.8 Å². The molecule has 0 bridgehead atoms. The number of anilines is 1. The third kappa shape index (κ3) is 4.40. The van der Waals surface area contributed by atoms with Crippen molar-refractivity contribution in [3.63, 3.8) is 0 Å². The van der Waals surface area contributed by atoms with Crippen LogP contribution in [0.5, 0.6) is 11.5 Å². The number of benzene rings is 1. The maximum absolute atomic E-state index is 12.6. The van der Waals surface area contributed by atoms with Crippen molar-refractivity contribution in [3.05, 3.63) is 40.7 Å². The molecule has 2 N–H and O–H groups in total. The Labute approximate surface area is 173 Å². The molecule has 0 aliphatic carbocycles. The first kappa shape index (κ1) is 21.2. The zero-order chi connectivity index (χ0) is 21.8. The van der Waals surface area contributed by atoms with Crippen molar-refractivity contribution in [2.75, 3.05) is 25.1 Å². The minimum Gasteiger partial charge on any atom is -0.486 e. The van der Waals surface area contributed by atoms with E-state index in [0.717, 1.165) is 0 Å². The van der Waals surface area contributed by atoms with Crippen molar-refractivity contribution in [1.29, 1.82) is 0 Å². The predicted molar refractivity (Wildman–Crippen MR) is 107 cm³/mol. The van der Waals surface area contributed by atoms with Crippen molar-refractivity contribution in [2.24, 2.45) is 0 Å². The number of rotatable bonds is 6. The highest BCUT2D eigenvalue weighted by Gasteiger charge is 2.27. The summed E-state index contributed by atoms with van der Waals surface area (Å²) in [7, 11) is 0. The molecule has 1 aliphatic heterocycles. The number of aromatic nitrogens is 1. The molecule has 0 saturated heterocycles. The number of hydrogen-bond donors (Lipinski definition) is 2. The standard InChI is InChI=1S/C21H24N2O7/c1-5-27-21(26)18-11(2)17(12(3)22-18)20(25)30-13(4)19(24)23-14-6-7-15-16(10-14)29-9-8-28-15/h6-7,10,13,22H,5,8-9H2,1-4H3,(H,23,24). The molecule has 1 aliphatic rings. The van der Waals surface area contributed by atoms with Crippen LogP contribution < -0.4 is 14.8 Å². The van der Waals surface area contributed by atoms with Crippen LogP contribution in [0.1, 0.15) is 46.0 Å². The number of nitrogens with one attached hydrogen (secondary N) is 2. The number of carbonyl (C=O) groups is 3. The van der Waals surface area contributed by atoms with E-state index in [1.165, 1.54) is 6.92 Å². The number of fused-ring (bicyclic) bond motifs is 1. The largest absolute Gasteiger partial charge is 0.486 e. The van der Waals surface area contributed by atoms with E-state index in [4.69, 9.17) is 18.9 Å². The topological polar surface area (TPSA) is 116 Å². The molecular formula is C21H24N2O7. The molecule has 2 heterocycles. The molecule has 0 fully saturated rings. The lowest BCUT2D eigenvalue weighted by Crippen LogP contribution is -2.30. The van der Waals surface area contributed by atoms with E-state index in [1.807, 2.05) is 0 Å². The van der Waals surface area contributed by atoms with Gasteiger partial charge in [-0.3, -0.25) is 4.79 Å². The predicted octanol–water partition coefficient (Wildman–Crippen LogP) is 2.76. The Hall–Kier alpha value is -3.49. The van der Waals surface area contributed by atoms with E-state index in [-0.39, 0.29) is 17.9 Å². The minimum atomic E-state index is -1.06. The van der Waals surface area contributed by atoms with Crippen LogP contribution in [0.2, 0.25) is 0 Å². The average molecular weight is 416 g/mol. The molecule has 1 aromatic carbocycles. The van der Waals surface area contributed by atoms with Gasteiger partial charge in [-0.25, -0.2) is 9.59 Å². The summed E-state index contributed by atoms with van der Waals surface area (Å²) in [6, 6.07) is 5.02. The summed E-state index contributed by atoms with van der Waals surface area (Å²) in [6.45, 7) is 7.55. The molecule has 1 aromatic heterocycles. The van der Waals surface area contributed by atoms with Crippen molar-refractivity contribution in [3.8, 4) is 11.5 Å². The minimum absolute atomic E-state index is 0.190. The van der Waals surface area contributed by atoms with Crippen LogP contribution in [0.15, 0.2) is 18.2 Å². The Morgan fingerprint density at radius 3 is 2.53 bits per heavy atom. The van der Waals surface area contributed by atoms with Gasteiger partial charge in [0.25, 0.3) is 5.91 Å². The van der Waals surface area contributed by atoms with E-state index < -0.39 is 23.9 Å². The number of esters is 2. The number of carbonyl (C=O) groups excluding carboxylic acids is 3. The summed E-state index contributed by atoms with van der Waals surface area (Å²) in [5.74, 6) is -0.622. The molecule has 2 aromatic rings. The number of aromatic amines is 1. The van der Waals surface area contributed by atoms with Crippen molar-refractivity contribution in [1.82, 2.24) is 4.98 Å². The quantitative estimate of drug-likeness (QED) is 0.696. The summed E-state index contributed by atoms with van der Waals surface area (Å²) >= 11 is 0. The van der Waals surface area contributed by atoms with Gasteiger partial charge in [-0.1, -0.05) is 0 Å². The van der Waals surface area contributed by atoms with E-state index in [1.54, 1.807) is 39.0 Å². The summed E-state index contributed by atoms with van der Waals surface area (Å²) in [6.07, 6.45) is -1.06. The normalized spacial score (nSPS) is 13.3. The average Bonchev–Trinajstić information content (AvgIpc) is 3.02. The Bertz CT molecular complexity index is 980. The summed E-state index contributed by atoms with van der Waals surface area (Å²) in [5.41, 5.74) is 1.76. The molecule has 1 unspecified atom stereocenters. The second kappa shape index (κ2) is 8.89. The molecule has 0 spiro atoms. The maximum atomic E-state index is 12.6. The summed E-state index contributed by atoms with van der Waals surface area (Å²) in [4.78, 5) is 40.0. The fraction of sp³-hybridized carbons (Fsp3) is 0.381. The molecule has 1 amide bonds. The highest BCUT2D eigenvalue weighted by molar-refractivity contribution is 6.01. The van der Waals surface area contributed by atoms with Crippen LogP contribution >= 0.6 is 0 Å². The molecule has 0 saturated carbocycles. The van der Waals surface area contributed by atoms with Gasteiger partial charge in [-0.05, 0) is 45.4 Å². The lowest BCUT2D eigenvalue weighted by molar-refractivity contribution is -0.123. The number of H-pyrrole nitrogens is 1. The van der Waals surface area contributed by atoms with Crippen molar-refractivity contribution < 1.29 is 33.3 Å². The Balaban J connectivity index is 1.67. The van der Waals surface area contributed by atoms with Gasteiger partial charge in [0.15, 0.2) is 17.6 Å². The second-order valence-corrected chi connectivity index (χ2v) is 6.74. The van der Waals surface area contributed by atoms with Crippen LogP contribution in [-0.2, 0) is 14.3 Å². The van der Waals surface area contributed by atoms with Crippen molar-refractivity contribution >= 4 is 23.5 Å². The smallest absolute Gasteiger partial charge is 0.355 e. The first-order valence-corrected chi connectivity index (χ1v) is 9.59. The van der Waals surface area contributed by atoms with E-state index in [9.17, 15) is 14.4 Å². The maximum Gasteiger partial charge on any atom is 0.355 e. The van der Waals surface area contributed by atoms with Crippen LogP contribution in [0.25, 0.3) is 0 Å². The lowest BCUT2D eigenvalue weighted by Gasteiger charge is -2.19. The zero-order valence-corrected chi connectivity index (χ0v) is 17.3. The second-order valence-electron chi connectivity index (χ2n) is 6.74. The highest BCUT2D eigenvalue weighted by atomic mass is 16.6. The molecule has 9 heteroatoms. The van der Waals surface area contributed by atoms with Crippen LogP contribution in [0.4, 0.5) is 5.69 Å². The fourth-order valence-corrected chi connectivity index (χ4v) is 3.10. The zero-order valence-electron chi connectivity index (χ0n) is 17.3. The van der Waals surface area contributed by atoms with Gasteiger partial charge in [0.1, 0.15) is 18.9 Å². The first-order chi connectivity index (χ1) is 14.3. The molecule has 30 heavy (non-hydrogen) atoms. The highest BCUT2D eigenvalue weighted by Crippen LogP contribution is 2.32. The van der Waals surface area contributed by atoms with Gasteiger partial charge >= 0.3 is 11.9 Å². The molecule has 160 valence electrons. The number of amides is 1. The van der Waals surface area contributed by atoms with Gasteiger partial charge in [0.2, 0.25) is 0 Å². The fourth-order valence-electron chi connectivity index (χ4n) is 3.10.